The van der Waals surface area contributed by atoms with Gasteiger partial charge in [-0.2, -0.15) is 0 Å². The maximum absolute atomic E-state index is 11.2. The van der Waals surface area contributed by atoms with Crippen LogP contribution in [0, 0.1) is 0 Å². The van der Waals surface area contributed by atoms with Gasteiger partial charge in [-0.15, -0.1) is 5.75 Å². The summed E-state index contributed by atoms with van der Waals surface area (Å²) >= 11 is 0. The molecule has 0 bridgehead atoms. The minimum Gasteiger partial charge on any atom is -0.872 e. The van der Waals surface area contributed by atoms with Crippen LogP contribution in [0.4, 0.5) is 5.69 Å². The summed E-state index contributed by atoms with van der Waals surface area (Å²) in [5.74, 6) is 0.167. The van der Waals surface area contributed by atoms with Gasteiger partial charge >= 0.3 is 29.6 Å². The van der Waals surface area contributed by atoms with Crippen molar-refractivity contribution < 1.29 is 39.5 Å². The quantitative estimate of drug-likeness (QED) is 0.509. The first-order valence-corrected chi connectivity index (χ1v) is 5.44. The molecule has 0 aromatic heterocycles. The number of carbonyl (C=O) groups excluding carboxylic acids is 1. The van der Waals surface area contributed by atoms with Crippen molar-refractivity contribution in [2.75, 3.05) is 31.1 Å². The summed E-state index contributed by atoms with van der Waals surface area (Å²) < 4.78 is 0. The molecule has 1 saturated heterocycles. The van der Waals surface area contributed by atoms with Gasteiger partial charge in [0.15, 0.2) is 0 Å². The van der Waals surface area contributed by atoms with E-state index in [9.17, 15) is 9.90 Å². The number of hydrogen-bond donors (Lipinski definition) is 0. The van der Waals surface area contributed by atoms with Crippen LogP contribution in [0.3, 0.4) is 0 Å². The molecule has 1 aliphatic rings. The average Bonchev–Trinajstić information content (AvgIpc) is 2.30. The predicted molar refractivity (Wildman–Crippen MR) is 60.4 cm³/mol. The molecule has 2 rings (SSSR count). The van der Waals surface area contributed by atoms with E-state index in [1.54, 1.807) is 19.1 Å². The van der Waals surface area contributed by atoms with E-state index >= 15 is 0 Å². The zero-order valence-corrected chi connectivity index (χ0v) is 12.3. The number of rotatable bonds is 1. The average molecular weight is 242 g/mol. The minimum atomic E-state index is 0. The Morgan fingerprint density at radius 3 is 2.12 bits per heavy atom. The van der Waals surface area contributed by atoms with Crippen LogP contribution in [0.25, 0.3) is 0 Å². The fourth-order valence-corrected chi connectivity index (χ4v) is 1.94. The van der Waals surface area contributed by atoms with Crippen LogP contribution in [0.15, 0.2) is 24.3 Å². The molecule has 0 saturated carbocycles. The molecule has 1 fully saturated rings. The van der Waals surface area contributed by atoms with Gasteiger partial charge < -0.3 is 14.9 Å². The van der Waals surface area contributed by atoms with Gasteiger partial charge in [-0.25, -0.2) is 0 Å². The molecule has 1 amide bonds. The van der Waals surface area contributed by atoms with Gasteiger partial charge in [0.25, 0.3) is 0 Å². The van der Waals surface area contributed by atoms with Crippen molar-refractivity contribution in [3.05, 3.63) is 24.3 Å². The fourth-order valence-electron chi connectivity index (χ4n) is 1.94. The van der Waals surface area contributed by atoms with Crippen LogP contribution in [0.5, 0.6) is 5.75 Å². The third-order valence-corrected chi connectivity index (χ3v) is 2.93. The van der Waals surface area contributed by atoms with E-state index in [-0.39, 0.29) is 41.2 Å². The van der Waals surface area contributed by atoms with Crippen molar-refractivity contribution in [2.45, 2.75) is 6.92 Å². The van der Waals surface area contributed by atoms with Crippen LogP contribution in [-0.4, -0.2) is 37.0 Å². The normalized spacial score (nSPS) is 15.4. The second-order valence-corrected chi connectivity index (χ2v) is 3.99. The summed E-state index contributed by atoms with van der Waals surface area (Å²) in [5, 5.41) is 11.0. The molecule has 86 valence electrons. The van der Waals surface area contributed by atoms with Crippen molar-refractivity contribution in [1.82, 2.24) is 4.90 Å². The Bertz CT molecular complexity index is 373. The first-order valence-electron chi connectivity index (χ1n) is 5.44. The zero-order chi connectivity index (χ0) is 11.5. The number of piperazine rings is 1. The second kappa shape index (κ2) is 6.28. The molecule has 1 heterocycles. The monoisotopic (exact) mass is 242 g/mol. The van der Waals surface area contributed by atoms with Crippen molar-refractivity contribution in [1.29, 1.82) is 0 Å². The number of anilines is 1. The summed E-state index contributed by atoms with van der Waals surface area (Å²) in [6.45, 7) is 4.78. The summed E-state index contributed by atoms with van der Waals surface area (Å²) in [4.78, 5) is 15.2. The third-order valence-electron chi connectivity index (χ3n) is 2.93. The van der Waals surface area contributed by atoms with Crippen LogP contribution in [0.2, 0.25) is 0 Å². The molecule has 0 unspecified atom stereocenters. The Labute approximate surface area is 124 Å². The molecular weight excluding hydrogens is 227 g/mol. The molecule has 0 atom stereocenters. The first kappa shape index (κ1) is 14.4. The summed E-state index contributed by atoms with van der Waals surface area (Å²) in [6.07, 6.45) is 0. The number of benzene rings is 1. The predicted octanol–water partition coefficient (Wildman–Crippen LogP) is -2.57. The molecule has 1 aromatic carbocycles. The topological polar surface area (TPSA) is 46.6 Å². The SMILES string of the molecule is CC(=O)N1CCN(c2ccc([O-])cc2)CC1.[Na+]. The fraction of sp³-hybridized carbons (Fsp3) is 0.417. The van der Waals surface area contributed by atoms with Gasteiger partial charge in [0, 0.05) is 38.8 Å². The standard InChI is InChI=1S/C12H16N2O2.Na/c1-10(15)13-6-8-14(9-7-13)11-2-4-12(16)5-3-11;/h2-5,16H,6-9H2,1H3;/q;+1/p-1. The second-order valence-electron chi connectivity index (χ2n) is 3.99. The Morgan fingerprint density at radius 1 is 1.12 bits per heavy atom. The summed E-state index contributed by atoms with van der Waals surface area (Å²) in [7, 11) is 0. The van der Waals surface area contributed by atoms with Crippen LogP contribution in [-0.2, 0) is 4.79 Å². The summed E-state index contributed by atoms with van der Waals surface area (Å²) in [5.41, 5.74) is 1.06. The molecule has 0 radical (unpaired) electrons. The number of carbonyl (C=O) groups is 1. The van der Waals surface area contributed by atoms with Gasteiger partial charge in [0.05, 0.1) is 0 Å². The van der Waals surface area contributed by atoms with Crippen molar-refractivity contribution in [2.24, 2.45) is 0 Å². The van der Waals surface area contributed by atoms with Crippen LogP contribution >= 0.6 is 0 Å². The van der Waals surface area contributed by atoms with E-state index in [0.29, 0.717) is 0 Å². The molecule has 5 heteroatoms. The number of nitrogens with zero attached hydrogens (tertiary/aromatic N) is 2. The van der Waals surface area contributed by atoms with E-state index < -0.39 is 0 Å². The molecule has 0 aliphatic carbocycles. The summed E-state index contributed by atoms with van der Waals surface area (Å²) in [6, 6.07) is 6.83. The van der Waals surface area contributed by atoms with Gasteiger partial charge in [-0.1, -0.05) is 12.1 Å². The molecule has 4 nitrogen and oxygen atoms in total. The zero-order valence-electron chi connectivity index (χ0n) is 10.3. The van der Waals surface area contributed by atoms with E-state index in [1.807, 2.05) is 17.0 Å². The number of amides is 1. The van der Waals surface area contributed by atoms with Gasteiger partial charge in [-0.05, 0) is 12.1 Å². The maximum Gasteiger partial charge on any atom is 1.00 e. The van der Waals surface area contributed by atoms with Crippen molar-refractivity contribution >= 4 is 11.6 Å². The minimum absolute atomic E-state index is 0. The van der Waals surface area contributed by atoms with Crippen molar-refractivity contribution in [3.8, 4) is 5.75 Å². The molecule has 17 heavy (non-hydrogen) atoms. The Hall–Kier alpha value is -0.710. The van der Waals surface area contributed by atoms with Gasteiger partial charge in [-0.3, -0.25) is 4.79 Å². The van der Waals surface area contributed by atoms with Crippen LogP contribution < -0.4 is 39.6 Å². The molecular formula is C12H15N2NaO2. The van der Waals surface area contributed by atoms with Crippen molar-refractivity contribution in [3.63, 3.8) is 0 Å². The number of hydrogen-bond acceptors (Lipinski definition) is 3. The van der Waals surface area contributed by atoms with E-state index in [1.165, 1.54) is 0 Å². The van der Waals surface area contributed by atoms with Gasteiger partial charge in [0.1, 0.15) is 0 Å². The largest absolute Gasteiger partial charge is 1.00 e. The van der Waals surface area contributed by atoms with E-state index in [2.05, 4.69) is 4.90 Å². The Balaban J connectivity index is 0.00000144. The maximum atomic E-state index is 11.2. The molecule has 1 aliphatic heterocycles. The smallest absolute Gasteiger partial charge is 0.872 e. The van der Waals surface area contributed by atoms with Gasteiger partial charge in [0.2, 0.25) is 5.91 Å². The molecule has 1 aromatic rings. The van der Waals surface area contributed by atoms with E-state index in [0.717, 1.165) is 31.9 Å². The first-order chi connectivity index (χ1) is 7.66. The van der Waals surface area contributed by atoms with Crippen LogP contribution in [0.1, 0.15) is 6.92 Å². The third kappa shape index (κ3) is 3.63. The Morgan fingerprint density at radius 2 is 1.65 bits per heavy atom. The van der Waals surface area contributed by atoms with E-state index in [4.69, 9.17) is 0 Å². The Kier molecular flexibility index (Phi) is 5.31. The molecule has 0 spiro atoms. The molecule has 0 N–H and O–H groups in total.